The van der Waals surface area contributed by atoms with E-state index >= 15 is 0 Å². The van der Waals surface area contributed by atoms with Gasteiger partial charge in [-0.1, -0.05) is 0 Å². The van der Waals surface area contributed by atoms with E-state index < -0.39 is 12.3 Å². The molecule has 1 atom stereocenters. The second-order valence-corrected chi connectivity index (χ2v) is 3.60. The number of halogens is 3. The summed E-state index contributed by atoms with van der Waals surface area (Å²) in [4.78, 5) is 7.90. The van der Waals surface area contributed by atoms with Gasteiger partial charge in [-0.15, -0.1) is 0 Å². The summed E-state index contributed by atoms with van der Waals surface area (Å²) in [5.41, 5.74) is 0.453. The van der Waals surface area contributed by atoms with Crippen molar-refractivity contribution in [2.24, 2.45) is 0 Å². The Labute approximate surface area is 97.2 Å². The average Bonchev–Trinajstić information content (AvgIpc) is 2.21. The number of aromatic nitrogens is 2. The molecule has 1 rings (SSSR count). The number of alkyl halides is 3. The van der Waals surface area contributed by atoms with Crippen molar-refractivity contribution < 1.29 is 17.9 Å². The van der Waals surface area contributed by atoms with Crippen molar-refractivity contribution >= 4 is 5.82 Å². The van der Waals surface area contributed by atoms with E-state index in [0.29, 0.717) is 17.2 Å². The number of nitrogens with one attached hydrogen (secondary N) is 1. The van der Waals surface area contributed by atoms with Gasteiger partial charge in [-0.25, -0.2) is 4.98 Å². The number of hydrogen-bond donors (Lipinski definition) is 1. The zero-order chi connectivity index (χ0) is 13.2. The van der Waals surface area contributed by atoms with Gasteiger partial charge in [0.1, 0.15) is 11.6 Å². The Bertz CT molecular complexity index is 407. The second kappa shape index (κ2) is 4.77. The first-order valence-electron chi connectivity index (χ1n) is 5.02. The molecule has 0 radical (unpaired) electrons. The third-order valence-corrected chi connectivity index (χ3v) is 2.20. The summed E-state index contributed by atoms with van der Waals surface area (Å²) in [6.07, 6.45) is -6.31. The van der Waals surface area contributed by atoms with Crippen molar-refractivity contribution in [3.05, 3.63) is 11.4 Å². The van der Waals surface area contributed by atoms with Gasteiger partial charge in [0.25, 0.3) is 0 Å². The molecule has 4 nitrogen and oxygen atoms in total. The zero-order valence-electron chi connectivity index (χ0n) is 10.0. The molecule has 0 aliphatic heterocycles. The van der Waals surface area contributed by atoms with Gasteiger partial charge in [-0.3, -0.25) is 0 Å². The van der Waals surface area contributed by atoms with Crippen LogP contribution in [0.5, 0.6) is 5.88 Å². The molecule has 0 aromatic carbocycles. The fourth-order valence-corrected chi connectivity index (χ4v) is 1.20. The normalized spacial score (nSPS) is 13.4. The van der Waals surface area contributed by atoms with Crippen LogP contribution < -0.4 is 10.1 Å². The molecule has 0 spiro atoms. The highest BCUT2D eigenvalue weighted by Crippen LogP contribution is 2.27. The Morgan fingerprint density at radius 2 is 1.82 bits per heavy atom. The van der Waals surface area contributed by atoms with Crippen molar-refractivity contribution in [2.75, 3.05) is 12.4 Å². The molecule has 0 saturated heterocycles. The first-order valence-corrected chi connectivity index (χ1v) is 5.02. The third-order valence-electron chi connectivity index (χ3n) is 2.20. The Morgan fingerprint density at radius 3 is 2.29 bits per heavy atom. The molecule has 1 aromatic rings. The Morgan fingerprint density at radius 1 is 1.24 bits per heavy atom. The largest absolute Gasteiger partial charge is 0.465 e. The fraction of sp³-hybridized carbons (Fsp3) is 0.600. The van der Waals surface area contributed by atoms with Crippen molar-refractivity contribution in [1.29, 1.82) is 0 Å². The van der Waals surface area contributed by atoms with Gasteiger partial charge in [0.05, 0.1) is 5.56 Å². The topological polar surface area (TPSA) is 47.0 Å². The number of nitrogens with zero attached hydrogens (tertiary/aromatic N) is 2. The van der Waals surface area contributed by atoms with Gasteiger partial charge in [0.15, 0.2) is 6.10 Å². The first-order chi connectivity index (χ1) is 7.75. The summed E-state index contributed by atoms with van der Waals surface area (Å²) in [5.74, 6) is 0.762. The molecular formula is C10H14F3N3O. The summed E-state index contributed by atoms with van der Waals surface area (Å²) in [7, 11) is 1.63. The average molecular weight is 249 g/mol. The highest BCUT2D eigenvalue weighted by atomic mass is 19.4. The lowest BCUT2D eigenvalue weighted by atomic mass is 10.3. The maximum atomic E-state index is 12.4. The predicted molar refractivity (Wildman–Crippen MR) is 57.2 cm³/mol. The van der Waals surface area contributed by atoms with Crippen LogP contribution in [0.3, 0.4) is 0 Å². The van der Waals surface area contributed by atoms with Crippen LogP contribution >= 0.6 is 0 Å². The van der Waals surface area contributed by atoms with Crippen molar-refractivity contribution in [3.8, 4) is 5.88 Å². The fourth-order valence-electron chi connectivity index (χ4n) is 1.20. The van der Waals surface area contributed by atoms with E-state index in [1.165, 1.54) is 0 Å². The summed E-state index contributed by atoms with van der Waals surface area (Å²) < 4.78 is 41.9. The number of aryl methyl sites for hydroxylation is 1. The Balaban J connectivity index is 3.03. The van der Waals surface area contributed by atoms with Crippen LogP contribution in [0.15, 0.2) is 0 Å². The van der Waals surface area contributed by atoms with Gasteiger partial charge < -0.3 is 10.1 Å². The Kier molecular flexibility index (Phi) is 3.79. The zero-order valence-corrected chi connectivity index (χ0v) is 10.0. The first kappa shape index (κ1) is 13.5. The van der Waals surface area contributed by atoms with Gasteiger partial charge in [-0.05, 0) is 20.8 Å². The van der Waals surface area contributed by atoms with Crippen LogP contribution in [0.1, 0.15) is 18.3 Å². The van der Waals surface area contributed by atoms with Crippen LogP contribution in [0, 0.1) is 13.8 Å². The van der Waals surface area contributed by atoms with Crippen molar-refractivity contribution in [2.45, 2.75) is 33.1 Å². The molecule has 17 heavy (non-hydrogen) atoms. The minimum Gasteiger partial charge on any atom is -0.465 e. The monoisotopic (exact) mass is 249 g/mol. The van der Waals surface area contributed by atoms with Crippen molar-refractivity contribution in [3.63, 3.8) is 0 Å². The van der Waals surface area contributed by atoms with Crippen LogP contribution in [0.4, 0.5) is 19.0 Å². The number of ether oxygens (including phenoxy) is 1. The summed E-state index contributed by atoms with van der Waals surface area (Å²) in [5, 5.41) is 2.78. The lowest BCUT2D eigenvalue weighted by molar-refractivity contribution is -0.190. The molecule has 7 heteroatoms. The minimum atomic E-state index is -4.41. The predicted octanol–water partition coefficient (Wildman–Crippen LogP) is 2.46. The van der Waals surface area contributed by atoms with E-state index in [4.69, 9.17) is 4.74 Å². The number of anilines is 1. The maximum absolute atomic E-state index is 12.4. The molecule has 0 bridgehead atoms. The molecule has 1 unspecified atom stereocenters. The van der Waals surface area contributed by atoms with E-state index in [2.05, 4.69) is 15.3 Å². The van der Waals surface area contributed by atoms with E-state index in [-0.39, 0.29) is 5.88 Å². The number of hydrogen-bond acceptors (Lipinski definition) is 4. The highest BCUT2D eigenvalue weighted by Gasteiger charge is 2.38. The van der Waals surface area contributed by atoms with Crippen molar-refractivity contribution in [1.82, 2.24) is 9.97 Å². The van der Waals surface area contributed by atoms with E-state index in [0.717, 1.165) is 6.92 Å². The van der Waals surface area contributed by atoms with Crippen LogP contribution in [-0.2, 0) is 0 Å². The molecular weight excluding hydrogens is 235 g/mol. The molecule has 1 aromatic heterocycles. The molecule has 1 N–H and O–H groups in total. The molecule has 0 aliphatic rings. The maximum Gasteiger partial charge on any atom is 0.425 e. The van der Waals surface area contributed by atoms with Gasteiger partial charge >= 0.3 is 6.18 Å². The molecule has 96 valence electrons. The lowest BCUT2D eigenvalue weighted by Gasteiger charge is -2.19. The van der Waals surface area contributed by atoms with Gasteiger partial charge in [0, 0.05) is 7.05 Å². The summed E-state index contributed by atoms with van der Waals surface area (Å²) in [6, 6.07) is 0. The quantitative estimate of drug-likeness (QED) is 0.893. The highest BCUT2D eigenvalue weighted by molar-refractivity contribution is 5.47. The Hall–Kier alpha value is -1.53. The lowest BCUT2D eigenvalue weighted by Crippen LogP contribution is -2.31. The van der Waals surface area contributed by atoms with Crippen LogP contribution in [0.25, 0.3) is 0 Å². The second-order valence-electron chi connectivity index (χ2n) is 3.60. The van der Waals surface area contributed by atoms with E-state index in [9.17, 15) is 13.2 Å². The van der Waals surface area contributed by atoms with E-state index in [1.54, 1.807) is 20.9 Å². The molecule has 1 heterocycles. The van der Waals surface area contributed by atoms with Crippen LogP contribution in [0.2, 0.25) is 0 Å². The standard InChI is InChI=1S/C10H14F3N3O/c1-5-8(14-4)15-7(3)16-9(5)17-6(2)10(11,12)13/h6H,1-4H3,(H,14,15,16). The van der Waals surface area contributed by atoms with Gasteiger partial charge in [-0.2, -0.15) is 18.2 Å². The molecule has 0 saturated carbocycles. The third kappa shape index (κ3) is 3.21. The molecule has 0 amide bonds. The summed E-state index contributed by atoms with van der Waals surface area (Å²) >= 11 is 0. The van der Waals surface area contributed by atoms with Crippen LogP contribution in [-0.4, -0.2) is 29.3 Å². The smallest absolute Gasteiger partial charge is 0.425 e. The van der Waals surface area contributed by atoms with E-state index in [1.807, 2.05) is 0 Å². The SMILES string of the molecule is CNc1nc(C)nc(OC(C)C(F)(F)F)c1C. The minimum absolute atomic E-state index is 0.0494. The number of rotatable bonds is 3. The molecule has 0 aliphatic carbocycles. The molecule has 0 fully saturated rings. The van der Waals surface area contributed by atoms with Gasteiger partial charge in [0.2, 0.25) is 5.88 Å². The summed E-state index contributed by atoms with van der Waals surface area (Å²) in [6.45, 7) is 4.13.